The molecule has 0 N–H and O–H groups in total. The van der Waals surface area contributed by atoms with Gasteiger partial charge in [0.25, 0.3) is 0 Å². The van der Waals surface area contributed by atoms with Gasteiger partial charge in [-0.2, -0.15) is 0 Å². The number of nitrogens with zero attached hydrogens (tertiary/aromatic N) is 3. The van der Waals surface area contributed by atoms with Crippen molar-refractivity contribution >= 4 is 5.91 Å². The van der Waals surface area contributed by atoms with E-state index in [0.29, 0.717) is 6.42 Å². The van der Waals surface area contributed by atoms with Crippen LogP contribution in [-0.2, 0) is 11.2 Å². The van der Waals surface area contributed by atoms with E-state index < -0.39 is 0 Å². The summed E-state index contributed by atoms with van der Waals surface area (Å²) in [5.41, 5.74) is 5.50. The van der Waals surface area contributed by atoms with Crippen LogP contribution in [-0.4, -0.2) is 33.9 Å². The fourth-order valence-electron chi connectivity index (χ4n) is 4.21. The molecule has 30 heavy (non-hydrogen) atoms. The molecule has 0 radical (unpaired) electrons. The zero-order chi connectivity index (χ0) is 20.8. The Labute approximate surface area is 179 Å². The van der Waals surface area contributed by atoms with E-state index in [4.69, 9.17) is 4.98 Å². The number of aromatic nitrogens is 2. The molecule has 1 atom stereocenters. The molecule has 0 saturated carbocycles. The normalized spacial score (nSPS) is 16.4. The summed E-state index contributed by atoms with van der Waals surface area (Å²) in [6, 6.07) is 18.7. The van der Waals surface area contributed by atoms with Gasteiger partial charge in [-0.15, -0.1) is 0 Å². The second-order valence-electron chi connectivity index (χ2n) is 8.22. The number of amides is 1. The van der Waals surface area contributed by atoms with Gasteiger partial charge >= 0.3 is 0 Å². The lowest BCUT2D eigenvalue weighted by atomic mass is 9.94. The van der Waals surface area contributed by atoms with Crippen LogP contribution in [0.4, 0.5) is 0 Å². The summed E-state index contributed by atoms with van der Waals surface area (Å²) in [6.45, 7) is 3.69. The largest absolute Gasteiger partial charge is 0.342 e. The number of carbonyl (C=O) groups is 1. The van der Waals surface area contributed by atoms with Crippen molar-refractivity contribution in [2.75, 3.05) is 13.1 Å². The standard InChI is InChI=1S/C26H29N3O/c1-20-8-5-12-22(16-20)24-17-27-18-25(28-24)23-13-7-15-29(19-23)26(30)14-6-11-21-9-3-2-4-10-21/h2-5,8-10,12,16-18,23H,6-7,11,13-15,19H2,1H3. The van der Waals surface area contributed by atoms with Crippen molar-refractivity contribution in [1.29, 1.82) is 0 Å². The van der Waals surface area contributed by atoms with Crippen LogP contribution < -0.4 is 0 Å². The van der Waals surface area contributed by atoms with Gasteiger partial charge < -0.3 is 4.90 Å². The Morgan fingerprint density at radius 3 is 2.80 bits per heavy atom. The van der Waals surface area contributed by atoms with E-state index in [2.05, 4.69) is 60.4 Å². The van der Waals surface area contributed by atoms with E-state index in [1.165, 1.54) is 11.1 Å². The van der Waals surface area contributed by atoms with Crippen molar-refractivity contribution in [3.05, 3.63) is 83.8 Å². The molecule has 4 heteroatoms. The van der Waals surface area contributed by atoms with Crippen LogP contribution in [0.5, 0.6) is 0 Å². The molecule has 2 heterocycles. The Balaban J connectivity index is 1.37. The maximum atomic E-state index is 12.8. The second-order valence-corrected chi connectivity index (χ2v) is 8.22. The van der Waals surface area contributed by atoms with Gasteiger partial charge in [-0.05, 0) is 44.2 Å². The van der Waals surface area contributed by atoms with Crippen LogP contribution in [0.2, 0.25) is 0 Å². The van der Waals surface area contributed by atoms with Crippen LogP contribution in [0.15, 0.2) is 67.0 Å². The Hall–Kier alpha value is -3.01. The summed E-state index contributed by atoms with van der Waals surface area (Å²) >= 11 is 0. The third-order valence-corrected chi connectivity index (χ3v) is 5.86. The molecule has 0 bridgehead atoms. The number of rotatable bonds is 6. The lowest BCUT2D eigenvalue weighted by molar-refractivity contribution is -0.132. The van der Waals surface area contributed by atoms with E-state index in [1.54, 1.807) is 0 Å². The molecule has 1 amide bonds. The van der Waals surface area contributed by atoms with Crippen LogP contribution in [0.3, 0.4) is 0 Å². The number of benzene rings is 2. The summed E-state index contributed by atoms with van der Waals surface area (Å²) in [5, 5.41) is 0. The fourth-order valence-corrected chi connectivity index (χ4v) is 4.21. The minimum atomic E-state index is 0.258. The average molecular weight is 400 g/mol. The van der Waals surface area contributed by atoms with Crippen molar-refractivity contribution in [2.24, 2.45) is 0 Å². The average Bonchev–Trinajstić information content (AvgIpc) is 2.80. The third kappa shape index (κ3) is 5.12. The maximum absolute atomic E-state index is 12.8. The van der Waals surface area contributed by atoms with Crippen LogP contribution >= 0.6 is 0 Å². The van der Waals surface area contributed by atoms with Crippen molar-refractivity contribution in [2.45, 2.75) is 44.9 Å². The number of likely N-dealkylation sites (tertiary alicyclic amines) is 1. The lowest BCUT2D eigenvalue weighted by Gasteiger charge is -2.32. The van der Waals surface area contributed by atoms with E-state index in [1.807, 2.05) is 23.4 Å². The Morgan fingerprint density at radius 2 is 1.97 bits per heavy atom. The monoisotopic (exact) mass is 399 g/mol. The van der Waals surface area contributed by atoms with Crippen LogP contribution in [0.25, 0.3) is 11.3 Å². The topological polar surface area (TPSA) is 46.1 Å². The van der Waals surface area contributed by atoms with Gasteiger partial charge in [0.2, 0.25) is 5.91 Å². The summed E-state index contributed by atoms with van der Waals surface area (Å²) in [4.78, 5) is 24.2. The van der Waals surface area contributed by atoms with Crippen LogP contribution in [0, 0.1) is 6.92 Å². The third-order valence-electron chi connectivity index (χ3n) is 5.86. The SMILES string of the molecule is Cc1cccc(-c2cncc(C3CCCN(C(=O)CCCc4ccccc4)C3)n2)c1. The first kappa shape index (κ1) is 20.3. The Morgan fingerprint density at radius 1 is 1.10 bits per heavy atom. The van der Waals surface area contributed by atoms with Gasteiger partial charge in [0.15, 0.2) is 0 Å². The molecular formula is C26H29N3O. The number of hydrogen-bond acceptors (Lipinski definition) is 3. The van der Waals surface area contributed by atoms with Crippen molar-refractivity contribution in [1.82, 2.24) is 14.9 Å². The second kappa shape index (κ2) is 9.66. The predicted molar refractivity (Wildman–Crippen MR) is 120 cm³/mol. The van der Waals surface area contributed by atoms with Gasteiger partial charge in [0, 0.05) is 37.2 Å². The minimum Gasteiger partial charge on any atom is -0.342 e. The van der Waals surface area contributed by atoms with Crippen molar-refractivity contribution in [3.8, 4) is 11.3 Å². The maximum Gasteiger partial charge on any atom is 0.222 e. The quantitative estimate of drug-likeness (QED) is 0.574. The highest BCUT2D eigenvalue weighted by atomic mass is 16.2. The van der Waals surface area contributed by atoms with Gasteiger partial charge in [0.05, 0.1) is 17.6 Å². The summed E-state index contributed by atoms with van der Waals surface area (Å²) < 4.78 is 0. The zero-order valence-electron chi connectivity index (χ0n) is 17.6. The smallest absolute Gasteiger partial charge is 0.222 e. The van der Waals surface area contributed by atoms with E-state index in [-0.39, 0.29) is 11.8 Å². The molecule has 1 unspecified atom stereocenters. The molecule has 1 fully saturated rings. The summed E-state index contributed by atoms with van der Waals surface area (Å²) in [6.07, 6.45) is 8.23. The Bertz CT molecular complexity index is 986. The minimum absolute atomic E-state index is 0.258. The van der Waals surface area contributed by atoms with Gasteiger partial charge in [-0.25, -0.2) is 4.98 Å². The molecule has 4 nitrogen and oxygen atoms in total. The molecule has 1 aliphatic rings. The first-order valence-corrected chi connectivity index (χ1v) is 10.9. The molecule has 0 spiro atoms. The summed E-state index contributed by atoms with van der Waals surface area (Å²) in [7, 11) is 0. The molecule has 154 valence electrons. The van der Waals surface area contributed by atoms with Crippen LogP contribution in [0.1, 0.15) is 48.4 Å². The predicted octanol–water partition coefficient (Wildman–Crippen LogP) is 5.18. The van der Waals surface area contributed by atoms with E-state index >= 15 is 0 Å². The van der Waals surface area contributed by atoms with Gasteiger partial charge in [-0.1, -0.05) is 54.1 Å². The van der Waals surface area contributed by atoms with E-state index in [9.17, 15) is 4.79 Å². The number of aryl methyl sites for hydroxylation is 2. The van der Waals surface area contributed by atoms with Crippen molar-refractivity contribution < 1.29 is 4.79 Å². The van der Waals surface area contributed by atoms with Gasteiger partial charge in [0.1, 0.15) is 0 Å². The first-order chi connectivity index (χ1) is 14.7. The van der Waals surface area contributed by atoms with Crippen molar-refractivity contribution in [3.63, 3.8) is 0 Å². The summed E-state index contributed by atoms with van der Waals surface area (Å²) in [5.74, 6) is 0.521. The molecule has 1 aliphatic heterocycles. The lowest BCUT2D eigenvalue weighted by Crippen LogP contribution is -2.39. The first-order valence-electron chi connectivity index (χ1n) is 10.9. The van der Waals surface area contributed by atoms with Gasteiger partial charge in [-0.3, -0.25) is 9.78 Å². The highest BCUT2D eigenvalue weighted by Gasteiger charge is 2.25. The molecule has 1 saturated heterocycles. The Kier molecular flexibility index (Phi) is 6.53. The number of carbonyl (C=O) groups excluding carboxylic acids is 1. The highest BCUT2D eigenvalue weighted by molar-refractivity contribution is 5.76. The zero-order valence-corrected chi connectivity index (χ0v) is 17.6. The fraction of sp³-hybridized carbons (Fsp3) is 0.346. The number of piperidine rings is 1. The van der Waals surface area contributed by atoms with E-state index in [0.717, 1.165) is 55.7 Å². The molecule has 0 aliphatic carbocycles. The highest BCUT2D eigenvalue weighted by Crippen LogP contribution is 2.27. The molecule has 1 aromatic heterocycles. The molecule has 4 rings (SSSR count). The molecule has 2 aromatic carbocycles. The molecule has 3 aromatic rings. The number of hydrogen-bond donors (Lipinski definition) is 0. The molecular weight excluding hydrogens is 370 g/mol.